The number of amides is 1. The van der Waals surface area contributed by atoms with Gasteiger partial charge in [0.25, 0.3) is 0 Å². The number of likely N-dealkylation sites (N-methyl/N-ethyl adjacent to an activating group) is 1. The number of imidazole rings is 1. The van der Waals surface area contributed by atoms with Crippen LogP contribution in [0.25, 0.3) is 21.6 Å². The van der Waals surface area contributed by atoms with Gasteiger partial charge in [0, 0.05) is 30.9 Å². The molecule has 4 rings (SSSR count). The van der Waals surface area contributed by atoms with Crippen LogP contribution in [0.5, 0.6) is 0 Å². The standard InChI is InChI=1S/C18H20N10O3/c1-20-17(30)14-11(26-27-19)13(29)18(31-14)28-9-25-12-15(23-8-24-16(12)28)22-6-4-10-3-2-5-21-7-10/h2-3,5,7-9,11,13-14,18,29H,4,6H2,1H3,(H,20,30)(H,22,23,24). The molecule has 4 atom stereocenters. The second-order valence-corrected chi connectivity index (χ2v) is 6.83. The number of anilines is 1. The van der Waals surface area contributed by atoms with Gasteiger partial charge in [-0.25, -0.2) is 15.0 Å². The van der Waals surface area contributed by atoms with Crippen LogP contribution in [-0.4, -0.2) is 67.4 Å². The van der Waals surface area contributed by atoms with E-state index >= 15 is 0 Å². The Kier molecular flexibility index (Phi) is 5.89. The lowest BCUT2D eigenvalue weighted by Gasteiger charge is -2.16. The summed E-state index contributed by atoms with van der Waals surface area (Å²) in [7, 11) is 1.43. The van der Waals surface area contributed by atoms with Crippen molar-refractivity contribution in [3.63, 3.8) is 0 Å². The summed E-state index contributed by atoms with van der Waals surface area (Å²) in [6.07, 6.45) is 3.65. The number of carbonyl (C=O) groups is 1. The van der Waals surface area contributed by atoms with Crippen LogP contribution in [0.15, 0.2) is 42.3 Å². The second kappa shape index (κ2) is 8.92. The number of aliphatic hydroxyl groups excluding tert-OH is 1. The van der Waals surface area contributed by atoms with Crippen LogP contribution >= 0.6 is 0 Å². The third-order valence-corrected chi connectivity index (χ3v) is 4.99. The number of hydrogen-bond acceptors (Lipinski definition) is 9. The fraction of sp³-hybridized carbons (Fsp3) is 0.389. The number of pyridine rings is 1. The molecule has 0 aromatic carbocycles. The number of rotatable bonds is 7. The molecule has 4 heterocycles. The van der Waals surface area contributed by atoms with Crippen LogP contribution in [0, 0.1) is 0 Å². The van der Waals surface area contributed by atoms with Crippen molar-refractivity contribution in [2.75, 3.05) is 18.9 Å². The summed E-state index contributed by atoms with van der Waals surface area (Å²) in [5.41, 5.74) is 10.8. The second-order valence-electron chi connectivity index (χ2n) is 6.83. The zero-order valence-corrected chi connectivity index (χ0v) is 16.5. The number of nitrogens with one attached hydrogen (secondary N) is 2. The summed E-state index contributed by atoms with van der Waals surface area (Å²) in [4.78, 5) is 31.8. The molecule has 0 bridgehead atoms. The zero-order chi connectivity index (χ0) is 21.8. The SMILES string of the molecule is CNC(=O)C1OC(n2cnc3c(NCCc4cccnc4)ncnc32)C(O)C1N=[N+]=[N-]. The zero-order valence-electron chi connectivity index (χ0n) is 16.5. The van der Waals surface area contributed by atoms with Gasteiger partial charge in [0.05, 0.1) is 6.33 Å². The average Bonchev–Trinajstić information content (AvgIpc) is 3.36. The van der Waals surface area contributed by atoms with Crippen molar-refractivity contribution in [1.29, 1.82) is 0 Å². The summed E-state index contributed by atoms with van der Waals surface area (Å²) in [6.45, 7) is 0.602. The van der Waals surface area contributed by atoms with E-state index in [4.69, 9.17) is 10.3 Å². The molecular formula is C18H20N10O3. The molecule has 3 N–H and O–H groups in total. The smallest absolute Gasteiger partial charge is 0.249 e. The summed E-state index contributed by atoms with van der Waals surface area (Å²) in [5, 5.41) is 19.9. The molecule has 160 valence electrons. The van der Waals surface area contributed by atoms with E-state index in [-0.39, 0.29) is 0 Å². The lowest BCUT2D eigenvalue weighted by atomic mass is 10.1. The Bertz CT molecular complexity index is 1110. The number of aromatic nitrogens is 5. The van der Waals surface area contributed by atoms with Crippen molar-refractivity contribution in [3.8, 4) is 0 Å². The number of carbonyl (C=O) groups excluding carboxylic acids is 1. The van der Waals surface area contributed by atoms with Gasteiger partial charge in [-0.2, -0.15) is 0 Å². The number of aliphatic hydroxyl groups is 1. The molecular weight excluding hydrogens is 404 g/mol. The Balaban J connectivity index is 1.57. The molecule has 1 aliphatic rings. The van der Waals surface area contributed by atoms with Crippen LogP contribution in [0.2, 0.25) is 0 Å². The van der Waals surface area contributed by atoms with Gasteiger partial charge in [-0.05, 0) is 23.6 Å². The number of nitrogens with zero attached hydrogens (tertiary/aromatic N) is 8. The molecule has 0 radical (unpaired) electrons. The van der Waals surface area contributed by atoms with Crippen LogP contribution in [0.3, 0.4) is 0 Å². The fourth-order valence-electron chi connectivity index (χ4n) is 3.48. The number of azide groups is 1. The van der Waals surface area contributed by atoms with E-state index in [0.717, 1.165) is 12.0 Å². The summed E-state index contributed by atoms with van der Waals surface area (Å²) >= 11 is 0. The first-order valence-electron chi connectivity index (χ1n) is 9.53. The van der Waals surface area contributed by atoms with Gasteiger partial charge < -0.3 is 20.5 Å². The summed E-state index contributed by atoms with van der Waals surface area (Å²) in [6, 6.07) is 2.77. The molecule has 3 aromatic heterocycles. The van der Waals surface area contributed by atoms with Gasteiger partial charge in [0.15, 0.2) is 23.2 Å². The van der Waals surface area contributed by atoms with Crippen molar-refractivity contribution in [2.45, 2.75) is 30.9 Å². The molecule has 3 aromatic rings. The molecule has 4 unspecified atom stereocenters. The fourth-order valence-corrected chi connectivity index (χ4v) is 3.48. The third-order valence-electron chi connectivity index (χ3n) is 4.99. The highest BCUT2D eigenvalue weighted by molar-refractivity contribution is 5.83. The molecule has 1 saturated heterocycles. The van der Waals surface area contributed by atoms with Gasteiger partial charge in [0.2, 0.25) is 5.91 Å². The van der Waals surface area contributed by atoms with Crippen LogP contribution in [0.1, 0.15) is 11.8 Å². The van der Waals surface area contributed by atoms with E-state index in [0.29, 0.717) is 23.5 Å². The highest BCUT2D eigenvalue weighted by Gasteiger charge is 2.48. The minimum Gasteiger partial charge on any atom is -0.388 e. The van der Waals surface area contributed by atoms with Crippen molar-refractivity contribution < 1.29 is 14.6 Å². The summed E-state index contributed by atoms with van der Waals surface area (Å²) in [5.74, 6) is 0.0188. The highest BCUT2D eigenvalue weighted by Crippen LogP contribution is 2.34. The topological polar surface area (TPSA) is 176 Å². The molecule has 13 nitrogen and oxygen atoms in total. The molecule has 0 saturated carbocycles. The van der Waals surface area contributed by atoms with E-state index in [9.17, 15) is 9.90 Å². The van der Waals surface area contributed by atoms with Crippen molar-refractivity contribution >= 4 is 22.9 Å². The minimum absolute atomic E-state index is 0.403. The Morgan fingerprint density at radius 1 is 1.42 bits per heavy atom. The van der Waals surface area contributed by atoms with Crippen LogP contribution in [0.4, 0.5) is 5.82 Å². The van der Waals surface area contributed by atoms with Crippen molar-refractivity contribution in [2.24, 2.45) is 5.11 Å². The normalized spacial score (nSPS) is 22.8. The Morgan fingerprint density at radius 3 is 3.03 bits per heavy atom. The molecule has 1 aliphatic heterocycles. The molecule has 1 amide bonds. The van der Waals surface area contributed by atoms with E-state index in [1.54, 1.807) is 12.4 Å². The number of hydrogen-bond donors (Lipinski definition) is 3. The Labute approximate surface area is 176 Å². The minimum atomic E-state index is -1.27. The van der Waals surface area contributed by atoms with Crippen molar-refractivity contribution in [1.82, 2.24) is 29.8 Å². The maximum Gasteiger partial charge on any atom is 0.249 e. The first kappa shape index (κ1) is 20.5. The lowest BCUT2D eigenvalue weighted by molar-refractivity contribution is -0.134. The first-order chi connectivity index (χ1) is 15.1. The number of ether oxygens (including phenoxy) is 1. The van der Waals surface area contributed by atoms with Crippen molar-refractivity contribution in [3.05, 3.63) is 53.2 Å². The quantitative estimate of drug-likeness (QED) is 0.280. The van der Waals surface area contributed by atoms with Gasteiger partial charge in [-0.15, -0.1) is 0 Å². The summed E-state index contributed by atoms with van der Waals surface area (Å²) < 4.78 is 7.23. The highest BCUT2D eigenvalue weighted by atomic mass is 16.5. The van der Waals surface area contributed by atoms with E-state index in [2.05, 4.69) is 40.6 Å². The molecule has 31 heavy (non-hydrogen) atoms. The maximum atomic E-state index is 12.1. The maximum absolute atomic E-state index is 12.1. The predicted octanol–water partition coefficient (Wildman–Crippen LogP) is 0.559. The number of fused-ring (bicyclic) bond motifs is 1. The van der Waals surface area contributed by atoms with Gasteiger partial charge in [-0.3, -0.25) is 14.3 Å². The van der Waals surface area contributed by atoms with Gasteiger partial charge in [0.1, 0.15) is 24.6 Å². The van der Waals surface area contributed by atoms with Crippen LogP contribution < -0.4 is 10.6 Å². The Hall–Kier alpha value is -3.80. The Morgan fingerprint density at radius 2 is 2.29 bits per heavy atom. The van der Waals surface area contributed by atoms with E-state index in [1.165, 1.54) is 24.3 Å². The molecule has 13 heteroatoms. The monoisotopic (exact) mass is 424 g/mol. The lowest BCUT2D eigenvalue weighted by Crippen LogP contribution is -2.40. The van der Waals surface area contributed by atoms with E-state index in [1.807, 2.05) is 12.1 Å². The van der Waals surface area contributed by atoms with Gasteiger partial charge in [-0.1, -0.05) is 11.2 Å². The largest absolute Gasteiger partial charge is 0.388 e. The third kappa shape index (κ3) is 3.97. The average molecular weight is 424 g/mol. The van der Waals surface area contributed by atoms with Gasteiger partial charge >= 0.3 is 0 Å². The van der Waals surface area contributed by atoms with Crippen LogP contribution in [-0.2, 0) is 16.0 Å². The molecule has 0 aliphatic carbocycles. The molecule has 1 fully saturated rings. The van der Waals surface area contributed by atoms with E-state index < -0.39 is 30.4 Å². The predicted molar refractivity (Wildman–Crippen MR) is 109 cm³/mol. The molecule has 0 spiro atoms. The first-order valence-corrected chi connectivity index (χ1v) is 9.53.